The van der Waals surface area contributed by atoms with Gasteiger partial charge in [0.05, 0.1) is 0 Å². The second-order valence-electron chi connectivity index (χ2n) is 7.12. The maximum atomic E-state index is 12.3. The molecule has 2 aliphatic rings. The van der Waals surface area contributed by atoms with Crippen molar-refractivity contribution in [2.75, 3.05) is 13.1 Å². The highest BCUT2D eigenvalue weighted by Crippen LogP contribution is 2.17. The molecule has 2 N–H and O–H groups in total. The quantitative estimate of drug-likeness (QED) is 0.286. The molecule has 8 heteroatoms. The van der Waals surface area contributed by atoms with Crippen LogP contribution in [0.15, 0.2) is 9.79 Å². The van der Waals surface area contributed by atoms with Crippen molar-refractivity contribution in [2.45, 2.75) is 83.8 Å². The minimum atomic E-state index is 0. The highest BCUT2D eigenvalue weighted by atomic mass is 127. The van der Waals surface area contributed by atoms with Gasteiger partial charge in [-0.1, -0.05) is 19.3 Å². The molecule has 7 nitrogen and oxygen atoms in total. The first-order valence-electron chi connectivity index (χ1n) is 9.99. The number of halogens is 1. The molecule has 1 fully saturated rings. The summed E-state index contributed by atoms with van der Waals surface area (Å²) in [6.45, 7) is 5.13. The summed E-state index contributed by atoms with van der Waals surface area (Å²) in [4.78, 5) is 17.0. The highest BCUT2D eigenvalue weighted by molar-refractivity contribution is 14.0. The third-order valence-electron chi connectivity index (χ3n) is 5.12. The molecule has 1 saturated carbocycles. The van der Waals surface area contributed by atoms with Crippen LogP contribution >= 0.6 is 24.0 Å². The molecular formula is C18H33IN6O. The van der Waals surface area contributed by atoms with Crippen molar-refractivity contribution in [3.8, 4) is 0 Å². The van der Waals surface area contributed by atoms with Gasteiger partial charge in [0.25, 0.3) is 0 Å². The Hall–Kier alpha value is -1.06. The van der Waals surface area contributed by atoms with Crippen LogP contribution in [-0.4, -0.2) is 39.4 Å². The molecular weight excluding hydrogens is 443 g/mol. The van der Waals surface area contributed by atoms with E-state index in [0.29, 0.717) is 19.1 Å². The first-order chi connectivity index (χ1) is 12.3. The second kappa shape index (κ2) is 10.9. The molecule has 0 atom stereocenters. The Morgan fingerprint density at radius 2 is 2.04 bits per heavy atom. The number of nitrogens with zero attached hydrogens (tertiary/aromatic N) is 4. The monoisotopic (exact) mass is 476 g/mol. The van der Waals surface area contributed by atoms with Gasteiger partial charge < -0.3 is 10.6 Å². The minimum Gasteiger partial charge on any atom is -0.357 e. The molecule has 1 aliphatic heterocycles. The topological polar surface area (TPSA) is 76.2 Å². The molecule has 0 radical (unpaired) electrons. The molecule has 0 amide bonds. The fraction of sp³-hybridized carbons (Fsp3) is 0.833. The van der Waals surface area contributed by atoms with E-state index in [0.717, 1.165) is 50.6 Å². The Bertz CT molecular complexity index is 632. The average molecular weight is 476 g/mol. The lowest BCUT2D eigenvalue weighted by Gasteiger charge is -2.24. The Labute approximate surface area is 173 Å². The van der Waals surface area contributed by atoms with E-state index in [-0.39, 0.29) is 29.7 Å². The van der Waals surface area contributed by atoms with Crippen molar-refractivity contribution in [2.24, 2.45) is 4.99 Å². The fourth-order valence-electron chi connectivity index (χ4n) is 3.77. The van der Waals surface area contributed by atoms with Gasteiger partial charge in [0.15, 0.2) is 5.96 Å². The molecule has 26 heavy (non-hydrogen) atoms. The van der Waals surface area contributed by atoms with E-state index in [4.69, 9.17) is 0 Å². The lowest BCUT2D eigenvalue weighted by Crippen LogP contribution is -2.44. The maximum Gasteiger partial charge on any atom is 0.345 e. The Morgan fingerprint density at radius 3 is 2.77 bits per heavy atom. The smallest absolute Gasteiger partial charge is 0.345 e. The molecule has 1 aromatic rings. The van der Waals surface area contributed by atoms with E-state index in [1.54, 1.807) is 4.68 Å². The number of hydrogen-bond acceptors (Lipinski definition) is 3. The van der Waals surface area contributed by atoms with E-state index in [1.165, 1.54) is 32.1 Å². The fourth-order valence-corrected chi connectivity index (χ4v) is 3.77. The number of fused-ring (bicyclic) bond motifs is 1. The number of nitrogens with one attached hydrogen (secondary N) is 2. The van der Waals surface area contributed by atoms with Crippen LogP contribution in [0, 0.1) is 0 Å². The number of aliphatic imine (C=N–C) groups is 1. The first kappa shape index (κ1) is 21.2. The summed E-state index contributed by atoms with van der Waals surface area (Å²) in [6, 6.07) is 0.550. The van der Waals surface area contributed by atoms with Gasteiger partial charge in [-0.3, -0.25) is 9.56 Å². The van der Waals surface area contributed by atoms with Gasteiger partial charge in [-0.15, -0.1) is 24.0 Å². The molecule has 1 aromatic heterocycles. The number of rotatable bonds is 6. The zero-order chi connectivity index (χ0) is 17.5. The predicted molar refractivity (Wildman–Crippen MR) is 115 cm³/mol. The van der Waals surface area contributed by atoms with Crippen LogP contribution in [0.2, 0.25) is 0 Å². The predicted octanol–water partition coefficient (Wildman–Crippen LogP) is 2.28. The number of guanidine groups is 1. The summed E-state index contributed by atoms with van der Waals surface area (Å²) < 4.78 is 3.46. The van der Waals surface area contributed by atoms with Crippen LogP contribution in [-0.2, 0) is 19.5 Å². The molecule has 1 aliphatic carbocycles. The van der Waals surface area contributed by atoms with Gasteiger partial charge >= 0.3 is 5.69 Å². The van der Waals surface area contributed by atoms with Gasteiger partial charge in [-0.05, 0) is 39.0 Å². The molecule has 0 saturated heterocycles. The summed E-state index contributed by atoms with van der Waals surface area (Å²) in [5, 5.41) is 11.4. The van der Waals surface area contributed by atoms with Crippen molar-refractivity contribution in [3.05, 3.63) is 16.3 Å². The Morgan fingerprint density at radius 1 is 1.23 bits per heavy atom. The van der Waals surface area contributed by atoms with E-state index in [2.05, 4.69) is 27.6 Å². The number of hydrogen-bond donors (Lipinski definition) is 2. The lowest BCUT2D eigenvalue weighted by molar-refractivity contribution is 0.410. The zero-order valence-corrected chi connectivity index (χ0v) is 18.2. The molecule has 2 heterocycles. The molecule has 148 valence electrons. The number of aryl methyl sites for hydroxylation is 2. The van der Waals surface area contributed by atoms with E-state index in [9.17, 15) is 4.79 Å². The van der Waals surface area contributed by atoms with Crippen molar-refractivity contribution >= 4 is 29.9 Å². The van der Waals surface area contributed by atoms with Crippen LogP contribution in [0.4, 0.5) is 0 Å². The third kappa shape index (κ3) is 5.72. The Balaban J connectivity index is 0.00000243. The SMILES string of the molecule is CCNC(=NCCCn1nc2n(c1=O)CCCC2)NC1CCCCC1.I. The highest BCUT2D eigenvalue weighted by Gasteiger charge is 2.16. The minimum absolute atomic E-state index is 0. The van der Waals surface area contributed by atoms with Crippen LogP contribution < -0.4 is 16.3 Å². The van der Waals surface area contributed by atoms with Gasteiger partial charge in [-0.25, -0.2) is 9.48 Å². The largest absolute Gasteiger partial charge is 0.357 e. The summed E-state index contributed by atoms with van der Waals surface area (Å²) in [5.74, 6) is 1.86. The first-order valence-corrected chi connectivity index (χ1v) is 9.99. The molecule has 0 spiro atoms. The van der Waals surface area contributed by atoms with Crippen molar-refractivity contribution in [1.82, 2.24) is 25.0 Å². The van der Waals surface area contributed by atoms with Crippen molar-refractivity contribution in [1.29, 1.82) is 0 Å². The molecule has 3 rings (SSSR count). The standard InChI is InChI=1S/C18H32N6O.HI/c1-2-19-17(21-15-9-4-3-5-10-15)20-12-8-14-24-18(25)23-13-7-6-11-16(23)22-24;/h15H,2-14H2,1H3,(H2,19,20,21);1H. The van der Waals surface area contributed by atoms with E-state index < -0.39 is 0 Å². The molecule has 0 unspecified atom stereocenters. The van der Waals surface area contributed by atoms with Crippen LogP contribution in [0.3, 0.4) is 0 Å². The van der Waals surface area contributed by atoms with Gasteiger partial charge in [-0.2, -0.15) is 5.10 Å². The van der Waals surface area contributed by atoms with Crippen LogP contribution in [0.25, 0.3) is 0 Å². The Kier molecular flexibility index (Phi) is 8.94. The zero-order valence-electron chi connectivity index (χ0n) is 15.9. The normalized spacial score (nSPS) is 18.1. The summed E-state index contributed by atoms with van der Waals surface area (Å²) in [7, 11) is 0. The third-order valence-corrected chi connectivity index (χ3v) is 5.12. The van der Waals surface area contributed by atoms with Crippen LogP contribution in [0.1, 0.15) is 64.1 Å². The molecule has 0 aromatic carbocycles. The molecule has 0 bridgehead atoms. The van der Waals surface area contributed by atoms with Gasteiger partial charge in [0, 0.05) is 38.6 Å². The second-order valence-corrected chi connectivity index (χ2v) is 7.12. The summed E-state index contributed by atoms with van der Waals surface area (Å²) >= 11 is 0. The number of aromatic nitrogens is 3. The average Bonchev–Trinajstić information content (AvgIpc) is 2.96. The van der Waals surface area contributed by atoms with E-state index >= 15 is 0 Å². The van der Waals surface area contributed by atoms with Gasteiger partial charge in [0.1, 0.15) is 5.82 Å². The van der Waals surface area contributed by atoms with Crippen molar-refractivity contribution < 1.29 is 0 Å². The summed E-state index contributed by atoms with van der Waals surface area (Å²) in [5.41, 5.74) is 0.0471. The van der Waals surface area contributed by atoms with Crippen LogP contribution in [0.5, 0.6) is 0 Å². The summed E-state index contributed by atoms with van der Waals surface area (Å²) in [6.07, 6.45) is 10.4. The van der Waals surface area contributed by atoms with Crippen molar-refractivity contribution in [3.63, 3.8) is 0 Å². The maximum absolute atomic E-state index is 12.3. The van der Waals surface area contributed by atoms with Gasteiger partial charge in [0.2, 0.25) is 0 Å². The van der Waals surface area contributed by atoms with E-state index in [1.807, 2.05) is 4.57 Å². The lowest BCUT2D eigenvalue weighted by atomic mass is 9.96.